The van der Waals surface area contributed by atoms with Gasteiger partial charge in [0.2, 0.25) is 0 Å². The van der Waals surface area contributed by atoms with Crippen molar-refractivity contribution in [2.75, 3.05) is 19.6 Å². The summed E-state index contributed by atoms with van der Waals surface area (Å²) in [5.41, 5.74) is 2.28. The lowest BCUT2D eigenvalue weighted by Gasteiger charge is -2.35. The van der Waals surface area contributed by atoms with Gasteiger partial charge in [-0.15, -0.1) is 0 Å². The first-order valence-electron chi connectivity index (χ1n) is 10.1. The number of imidazole rings is 1. The lowest BCUT2D eigenvalue weighted by Crippen LogP contribution is -2.48. The Labute approximate surface area is 168 Å². The van der Waals surface area contributed by atoms with Gasteiger partial charge in [-0.2, -0.15) is 5.10 Å². The number of fused-ring (bicyclic) bond motifs is 1. The van der Waals surface area contributed by atoms with Gasteiger partial charge in [0.15, 0.2) is 0 Å². The zero-order chi connectivity index (χ0) is 20.2. The molecule has 1 aliphatic rings. The number of aromatic amines is 1. The number of nitrogens with zero attached hydrogens (tertiary/aromatic N) is 4. The predicted octanol–water partition coefficient (Wildman–Crippen LogP) is 1.71. The van der Waals surface area contributed by atoms with Crippen molar-refractivity contribution in [2.24, 2.45) is 0 Å². The molecular formula is C21H26N6O2. The molecule has 3 aromatic rings. The summed E-state index contributed by atoms with van der Waals surface area (Å²) in [5, 5.41) is 7.21. The van der Waals surface area contributed by atoms with Crippen LogP contribution < -0.4 is 10.9 Å². The summed E-state index contributed by atoms with van der Waals surface area (Å²) in [6, 6.07) is 8.97. The molecule has 1 amide bonds. The number of aryl methyl sites for hydroxylation is 1. The Bertz CT molecular complexity index is 1060. The number of nitrogens with one attached hydrogen (secondary N) is 2. The second kappa shape index (κ2) is 8.57. The van der Waals surface area contributed by atoms with Gasteiger partial charge in [0.05, 0.1) is 17.6 Å². The fourth-order valence-electron chi connectivity index (χ4n) is 3.95. The number of hydrogen-bond acceptors (Lipinski definition) is 5. The smallest absolute Gasteiger partial charge is 0.266 e. The SMILES string of the molecule is Cc1nc2ccc(C(=O)NCC3CCCCN3CCn3ncccc3=O)cc2[nH]1. The molecule has 0 saturated carbocycles. The standard InChI is InChI=1S/C21H26N6O2/c1-15-24-18-8-7-16(13-19(18)25-15)21(29)22-14-17-5-2-3-10-26(17)11-12-27-20(28)6-4-9-23-27/h4,6-9,13,17H,2-3,5,10-12,14H2,1H3,(H,22,29)(H,24,25). The van der Waals surface area contributed by atoms with E-state index in [1.54, 1.807) is 12.3 Å². The molecule has 1 saturated heterocycles. The largest absolute Gasteiger partial charge is 0.350 e. The zero-order valence-electron chi connectivity index (χ0n) is 16.6. The number of amides is 1. The predicted molar refractivity (Wildman–Crippen MR) is 111 cm³/mol. The van der Waals surface area contributed by atoms with Crippen LogP contribution in [-0.4, -0.2) is 56.2 Å². The Morgan fingerprint density at radius 3 is 3.03 bits per heavy atom. The van der Waals surface area contributed by atoms with E-state index in [4.69, 9.17) is 0 Å². The summed E-state index contributed by atoms with van der Waals surface area (Å²) >= 11 is 0. The van der Waals surface area contributed by atoms with Crippen LogP contribution in [0.1, 0.15) is 35.4 Å². The van der Waals surface area contributed by atoms with Crippen LogP contribution in [0.25, 0.3) is 11.0 Å². The van der Waals surface area contributed by atoms with E-state index in [2.05, 4.69) is 25.3 Å². The molecule has 0 radical (unpaired) electrons. The van der Waals surface area contributed by atoms with E-state index in [1.807, 2.05) is 25.1 Å². The number of carbonyl (C=O) groups excluding carboxylic acids is 1. The van der Waals surface area contributed by atoms with Crippen molar-refractivity contribution >= 4 is 16.9 Å². The quantitative estimate of drug-likeness (QED) is 0.664. The highest BCUT2D eigenvalue weighted by atomic mass is 16.1. The summed E-state index contributed by atoms with van der Waals surface area (Å²) in [6.45, 7) is 4.77. The van der Waals surface area contributed by atoms with Gasteiger partial charge in [-0.1, -0.05) is 6.42 Å². The van der Waals surface area contributed by atoms with Crippen LogP contribution in [0.5, 0.6) is 0 Å². The van der Waals surface area contributed by atoms with E-state index in [9.17, 15) is 9.59 Å². The topological polar surface area (TPSA) is 95.9 Å². The molecule has 1 unspecified atom stereocenters. The number of carbonyl (C=O) groups is 1. The van der Waals surface area contributed by atoms with Crippen LogP contribution in [0, 0.1) is 6.92 Å². The zero-order valence-corrected chi connectivity index (χ0v) is 16.6. The first-order valence-corrected chi connectivity index (χ1v) is 10.1. The fraction of sp³-hybridized carbons (Fsp3) is 0.429. The molecule has 0 bridgehead atoms. The molecule has 8 heteroatoms. The number of benzene rings is 1. The minimum absolute atomic E-state index is 0.0781. The van der Waals surface area contributed by atoms with Crippen molar-refractivity contribution in [3.8, 4) is 0 Å². The van der Waals surface area contributed by atoms with Gasteiger partial charge in [-0.05, 0) is 50.6 Å². The average Bonchev–Trinajstić information content (AvgIpc) is 3.11. The molecule has 29 heavy (non-hydrogen) atoms. The molecule has 0 spiro atoms. The molecule has 8 nitrogen and oxygen atoms in total. The van der Waals surface area contributed by atoms with Crippen molar-refractivity contribution in [3.63, 3.8) is 0 Å². The normalized spacial score (nSPS) is 17.5. The lowest BCUT2D eigenvalue weighted by atomic mass is 10.0. The van der Waals surface area contributed by atoms with Crippen molar-refractivity contribution < 1.29 is 4.79 Å². The minimum atomic E-state index is -0.0844. The maximum atomic E-state index is 12.6. The Morgan fingerprint density at radius 2 is 2.17 bits per heavy atom. The van der Waals surface area contributed by atoms with Crippen molar-refractivity contribution in [1.29, 1.82) is 0 Å². The van der Waals surface area contributed by atoms with Gasteiger partial charge in [0.25, 0.3) is 11.5 Å². The van der Waals surface area contributed by atoms with Crippen molar-refractivity contribution in [3.05, 3.63) is 58.3 Å². The summed E-state index contributed by atoms with van der Waals surface area (Å²) in [5.74, 6) is 0.757. The van der Waals surface area contributed by atoms with Crippen LogP contribution in [0.2, 0.25) is 0 Å². The summed E-state index contributed by atoms with van der Waals surface area (Å²) in [7, 11) is 0. The third-order valence-electron chi connectivity index (χ3n) is 5.49. The number of aromatic nitrogens is 4. The van der Waals surface area contributed by atoms with E-state index in [1.165, 1.54) is 10.7 Å². The average molecular weight is 394 g/mol. The highest BCUT2D eigenvalue weighted by molar-refractivity contribution is 5.97. The number of piperidine rings is 1. The number of hydrogen-bond donors (Lipinski definition) is 2. The van der Waals surface area contributed by atoms with Crippen LogP contribution >= 0.6 is 0 Å². The molecule has 4 rings (SSSR count). The monoisotopic (exact) mass is 394 g/mol. The Hall–Kier alpha value is -3.00. The third kappa shape index (κ3) is 4.54. The molecule has 2 aromatic heterocycles. The van der Waals surface area contributed by atoms with Crippen LogP contribution in [-0.2, 0) is 6.54 Å². The summed E-state index contributed by atoms with van der Waals surface area (Å²) in [6.07, 6.45) is 4.96. The Balaban J connectivity index is 1.36. The van der Waals surface area contributed by atoms with E-state index in [-0.39, 0.29) is 17.5 Å². The number of H-pyrrole nitrogens is 1. The van der Waals surface area contributed by atoms with Gasteiger partial charge >= 0.3 is 0 Å². The van der Waals surface area contributed by atoms with Crippen LogP contribution in [0.15, 0.2) is 41.3 Å². The van der Waals surface area contributed by atoms with Crippen molar-refractivity contribution in [1.82, 2.24) is 30.0 Å². The molecule has 1 atom stereocenters. The molecule has 0 aliphatic carbocycles. The van der Waals surface area contributed by atoms with Gasteiger partial charge in [-0.3, -0.25) is 14.5 Å². The van der Waals surface area contributed by atoms with Crippen molar-refractivity contribution in [2.45, 2.75) is 38.8 Å². The second-order valence-corrected chi connectivity index (χ2v) is 7.53. The Morgan fingerprint density at radius 1 is 1.28 bits per heavy atom. The number of rotatable bonds is 6. The maximum absolute atomic E-state index is 12.6. The molecule has 1 aliphatic heterocycles. The van der Waals surface area contributed by atoms with E-state index >= 15 is 0 Å². The molecule has 1 aromatic carbocycles. The first-order chi connectivity index (χ1) is 14.1. The summed E-state index contributed by atoms with van der Waals surface area (Å²) < 4.78 is 1.49. The van der Waals surface area contributed by atoms with Gasteiger partial charge in [-0.25, -0.2) is 9.67 Å². The maximum Gasteiger partial charge on any atom is 0.266 e. The molecule has 2 N–H and O–H groups in total. The van der Waals surface area contributed by atoms with E-state index in [0.717, 1.165) is 49.2 Å². The highest BCUT2D eigenvalue weighted by Crippen LogP contribution is 2.17. The number of likely N-dealkylation sites (tertiary alicyclic amines) is 1. The molecule has 1 fully saturated rings. The minimum Gasteiger partial charge on any atom is -0.350 e. The van der Waals surface area contributed by atoms with E-state index in [0.29, 0.717) is 18.7 Å². The van der Waals surface area contributed by atoms with E-state index < -0.39 is 0 Å². The summed E-state index contributed by atoms with van der Waals surface area (Å²) in [4.78, 5) is 34.4. The van der Waals surface area contributed by atoms with Crippen LogP contribution in [0.3, 0.4) is 0 Å². The van der Waals surface area contributed by atoms with Crippen LogP contribution in [0.4, 0.5) is 0 Å². The van der Waals surface area contributed by atoms with Gasteiger partial charge in [0.1, 0.15) is 5.82 Å². The molecular weight excluding hydrogens is 368 g/mol. The second-order valence-electron chi connectivity index (χ2n) is 7.53. The Kier molecular flexibility index (Phi) is 5.71. The fourth-order valence-corrected chi connectivity index (χ4v) is 3.95. The van der Waals surface area contributed by atoms with Gasteiger partial charge in [0, 0.05) is 37.0 Å². The lowest BCUT2D eigenvalue weighted by molar-refractivity contribution is 0.0909. The first kappa shape index (κ1) is 19.3. The molecule has 3 heterocycles. The molecule has 152 valence electrons. The van der Waals surface area contributed by atoms with Gasteiger partial charge < -0.3 is 10.3 Å². The highest BCUT2D eigenvalue weighted by Gasteiger charge is 2.23. The third-order valence-corrected chi connectivity index (χ3v) is 5.49.